The van der Waals surface area contributed by atoms with Gasteiger partial charge in [-0.15, -0.1) is 0 Å². The molecule has 30 heavy (non-hydrogen) atoms. The number of methoxy groups -OCH3 is 1. The number of aliphatic carboxylic acids is 1. The summed E-state index contributed by atoms with van der Waals surface area (Å²) in [5.74, 6) is -2.90. The van der Waals surface area contributed by atoms with Crippen molar-refractivity contribution in [1.29, 1.82) is 0 Å². The Morgan fingerprint density at radius 2 is 1.93 bits per heavy atom. The van der Waals surface area contributed by atoms with E-state index in [9.17, 15) is 24.8 Å². The molecule has 160 valence electrons. The first-order valence-electron chi connectivity index (χ1n) is 9.66. The molecule has 0 spiro atoms. The number of carboxylic acid groups (broad SMARTS) is 1. The molecule has 3 rings (SSSR count). The molecule has 0 bridgehead atoms. The Hall–Kier alpha value is -3.20. The average Bonchev–Trinajstić information content (AvgIpc) is 2.73. The van der Waals surface area contributed by atoms with Gasteiger partial charge >= 0.3 is 11.9 Å². The first-order chi connectivity index (χ1) is 14.3. The highest BCUT2D eigenvalue weighted by Gasteiger charge is 2.42. The van der Waals surface area contributed by atoms with Gasteiger partial charge in [0.2, 0.25) is 0 Å². The monoisotopic (exact) mass is 416 g/mol. The molecule has 1 unspecified atom stereocenters. The van der Waals surface area contributed by atoms with Crippen molar-refractivity contribution in [3.05, 3.63) is 62.5 Å². The van der Waals surface area contributed by atoms with Crippen molar-refractivity contribution in [1.82, 2.24) is 4.90 Å². The molecule has 2 aliphatic heterocycles. The van der Waals surface area contributed by atoms with Crippen LogP contribution in [0, 0.1) is 10.1 Å². The van der Waals surface area contributed by atoms with Crippen LogP contribution in [0.4, 0.5) is 5.69 Å². The van der Waals surface area contributed by atoms with E-state index in [1.807, 2.05) is 0 Å². The first-order valence-corrected chi connectivity index (χ1v) is 9.66. The van der Waals surface area contributed by atoms with Gasteiger partial charge in [-0.05, 0) is 38.7 Å². The van der Waals surface area contributed by atoms with E-state index in [2.05, 4.69) is 0 Å². The molecule has 0 aromatic heterocycles. The number of nitro groups is 1. The van der Waals surface area contributed by atoms with Crippen LogP contribution in [0.15, 0.2) is 46.8 Å². The standard InChI is InChI=1S/C21H24N2O7/c1-12-17(20(24)25)19(14-7-6-8-15(11-14)23(27)28)18(21(26)29-3)13(2)22(12)16-9-4-5-10-30-16/h6-8,11,16,19H,4-5,9-10H2,1-3H3,(H,24,25)/t16?,19-/m0/s1. The van der Waals surface area contributed by atoms with Crippen molar-refractivity contribution in [3.63, 3.8) is 0 Å². The minimum absolute atomic E-state index is 0.0318. The van der Waals surface area contributed by atoms with Crippen LogP contribution in [0.5, 0.6) is 0 Å². The second kappa shape index (κ2) is 8.66. The SMILES string of the molecule is COC(=O)C1=C(C)N(C2CCCCO2)C(C)=C(C(=O)O)[C@@H]1c1cccc([N+](=O)[O-])c1. The van der Waals surface area contributed by atoms with E-state index in [-0.39, 0.29) is 23.1 Å². The maximum atomic E-state index is 12.8. The number of carbonyl (C=O) groups is 2. The molecule has 1 N–H and O–H groups in total. The van der Waals surface area contributed by atoms with Gasteiger partial charge in [-0.2, -0.15) is 0 Å². The van der Waals surface area contributed by atoms with Gasteiger partial charge in [-0.1, -0.05) is 12.1 Å². The number of ether oxygens (including phenoxy) is 2. The number of hydrogen-bond acceptors (Lipinski definition) is 7. The molecular formula is C21H24N2O7. The predicted octanol–water partition coefficient (Wildman–Crippen LogP) is 3.33. The fourth-order valence-corrected chi connectivity index (χ4v) is 4.24. The molecule has 0 radical (unpaired) electrons. The summed E-state index contributed by atoms with van der Waals surface area (Å²) in [5, 5.41) is 21.3. The van der Waals surface area contributed by atoms with Crippen molar-refractivity contribution in [2.45, 2.75) is 45.3 Å². The number of hydrogen-bond donors (Lipinski definition) is 1. The molecule has 2 atom stereocenters. The molecule has 9 heteroatoms. The van der Waals surface area contributed by atoms with Gasteiger partial charge in [0, 0.05) is 30.1 Å². The number of nitrogens with zero attached hydrogens (tertiary/aromatic N) is 2. The number of esters is 1. The van der Waals surface area contributed by atoms with E-state index in [4.69, 9.17) is 9.47 Å². The summed E-state index contributed by atoms with van der Waals surface area (Å²) in [6.07, 6.45) is 2.14. The predicted molar refractivity (Wildman–Crippen MR) is 106 cm³/mol. The zero-order valence-corrected chi connectivity index (χ0v) is 17.1. The molecule has 2 aliphatic rings. The lowest BCUT2D eigenvalue weighted by atomic mass is 9.79. The lowest BCUT2D eigenvalue weighted by Gasteiger charge is -2.42. The van der Waals surface area contributed by atoms with Crippen LogP contribution in [0.3, 0.4) is 0 Å². The summed E-state index contributed by atoms with van der Waals surface area (Å²) in [4.78, 5) is 37.6. The molecule has 9 nitrogen and oxygen atoms in total. The normalized spacial score (nSPS) is 22.2. The number of non-ortho nitro benzene ring substituents is 1. The number of allylic oxidation sites excluding steroid dienone is 2. The zero-order chi connectivity index (χ0) is 22.0. The fourth-order valence-electron chi connectivity index (χ4n) is 4.24. The molecule has 1 fully saturated rings. The summed E-state index contributed by atoms with van der Waals surface area (Å²) in [5.41, 5.74) is 1.22. The maximum absolute atomic E-state index is 12.8. The molecule has 0 saturated carbocycles. The van der Waals surface area contributed by atoms with Gasteiger partial charge in [0.1, 0.15) is 6.23 Å². The Bertz CT molecular complexity index is 944. The van der Waals surface area contributed by atoms with Crippen LogP contribution in [0.1, 0.15) is 44.6 Å². The Morgan fingerprint density at radius 3 is 2.50 bits per heavy atom. The Kier molecular flexibility index (Phi) is 6.21. The summed E-state index contributed by atoms with van der Waals surface area (Å²) in [6.45, 7) is 3.94. The van der Waals surface area contributed by atoms with Crippen LogP contribution < -0.4 is 0 Å². The summed E-state index contributed by atoms with van der Waals surface area (Å²) in [7, 11) is 1.22. The van der Waals surface area contributed by atoms with Gasteiger partial charge in [-0.3, -0.25) is 10.1 Å². The topological polar surface area (TPSA) is 119 Å². The van der Waals surface area contributed by atoms with Gasteiger partial charge < -0.3 is 19.5 Å². The van der Waals surface area contributed by atoms with Crippen molar-refractivity contribution in [3.8, 4) is 0 Å². The Labute approximate surface area is 173 Å². The molecule has 0 aliphatic carbocycles. The maximum Gasteiger partial charge on any atom is 0.336 e. The van der Waals surface area contributed by atoms with Gasteiger partial charge in [-0.25, -0.2) is 9.59 Å². The van der Waals surface area contributed by atoms with Gasteiger partial charge in [0.25, 0.3) is 5.69 Å². The highest BCUT2D eigenvalue weighted by molar-refractivity contribution is 5.99. The minimum atomic E-state index is -1.21. The van der Waals surface area contributed by atoms with E-state index in [1.165, 1.54) is 25.3 Å². The third-order valence-corrected chi connectivity index (χ3v) is 5.57. The van der Waals surface area contributed by atoms with Crippen LogP contribution in [-0.2, 0) is 19.1 Å². The van der Waals surface area contributed by atoms with Crippen LogP contribution in [0.2, 0.25) is 0 Å². The Balaban J connectivity index is 2.24. The van der Waals surface area contributed by atoms with Gasteiger partial charge in [0.05, 0.1) is 29.1 Å². The number of carboxylic acids is 1. The van der Waals surface area contributed by atoms with E-state index in [0.29, 0.717) is 30.0 Å². The highest BCUT2D eigenvalue weighted by atomic mass is 16.6. The number of rotatable bonds is 5. The van der Waals surface area contributed by atoms with Gasteiger partial charge in [0.15, 0.2) is 0 Å². The first kappa shape index (κ1) is 21.5. The van der Waals surface area contributed by atoms with Crippen molar-refractivity contribution >= 4 is 17.6 Å². The zero-order valence-electron chi connectivity index (χ0n) is 17.1. The lowest BCUT2D eigenvalue weighted by molar-refractivity contribution is -0.384. The average molecular weight is 416 g/mol. The Morgan fingerprint density at radius 1 is 1.23 bits per heavy atom. The smallest absolute Gasteiger partial charge is 0.336 e. The largest absolute Gasteiger partial charge is 0.478 e. The van der Waals surface area contributed by atoms with E-state index < -0.39 is 22.8 Å². The molecule has 0 amide bonds. The van der Waals surface area contributed by atoms with Crippen LogP contribution >= 0.6 is 0 Å². The molecule has 2 heterocycles. The number of carbonyl (C=O) groups excluding carboxylic acids is 1. The summed E-state index contributed by atoms with van der Waals surface area (Å²) in [6, 6.07) is 5.67. The quantitative estimate of drug-likeness (QED) is 0.441. The molecule has 1 aromatic rings. The third kappa shape index (κ3) is 3.80. The van der Waals surface area contributed by atoms with E-state index in [1.54, 1.807) is 24.8 Å². The number of benzene rings is 1. The van der Waals surface area contributed by atoms with Crippen LogP contribution in [-0.4, -0.2) is 46.8 Å². The second-order valence-electron chi connectivity index (χ2n) is 7.27. The third-order valence-electron chi connectivity index (χ3n) is 5.57. The highest BCUT2D eigenvalue weighted by Crippen LogP contribution is 2.44. The molecule has 1 aromatic carbocycles. The fraction of sp³-hybridized carbons (Fsp3) is 0.429. The van der Waals surface area contributed by atoms with Crippen molar-refractivity contribution < 1.29 is 29.1 Å². The minimum Gasteiger partial charge on any atom is -0.478 e. The van der Waals surface area contributed by atoms with Crippen LogP contribution in [0.25, 0.3) is 0 Å². The van der Waals surface area contributed by atoms with E-state index >= 15 is 0 Å². The summed E-state index contributed by atoms with van der Waals surface area (Å²) >= 11 is 0. The molecule has 1 saturated heterocycles. The van der Waals surface area contributed by atoms with Crippen molar-refractivity contribution in [2.24, 2.45) is 0 Å². The summed E-state index contributed by atoms with van der Waals surface area (Å²) < 4.78 is 10.8. The second-order valence-corrected chi connectivity index (χ2v) is 7.27. The number of nitro benzene ring substituents is 1. The molecular weight excluding hydrogens is 392 g/mol. The van der Waals surface area contributed by atoms with E-state index in [0.717, 1.165) is 12.8 Å². The van der Waals surface area contributed by atoms with Crippen molar-refractivity contribution in [2.75, 3.05) is 13.7 Å². The lowest BCUT2D eigenvalue weighted by Crippen LogP contribution is -2.42.